The lowest BCUT2D eigenvalue weighted by atomic mass is 10.1. The molecule has 0 bridgehead atoms. The Kier molecular flexibility index (Phi) is 4.92. The van der Waals surface area contributed by atoms with Crippen molar-refractivity contribution < 1.29 is 4.79 Å². The van der Waals surface area contributed by atoms with Gasteiger partial charge in [0.05, 0.1) is 16.0 Å². The summed E-state index contributed by atoms with van der Waals surface area (Å²) in [6.07, 6.45) is 0. The molecule has 0 saturated carbocycles. The van der Waals surface area contributed by atoms with Crippen molar-refractivity contribution in [3.63, 3.8) is 0 Å². The number of nitriles is 1. The van der Waals surface area contributed by atoms with E-state index in [4.69, 9.17) is 5.26 Å². The maximum absolute atomic E-state index is 12.2. The molecule has 1 rings (SSSR count). The molecule has 1 aromatic rings. The van der Waals surface area contributed by atoms with Crippen LogP contribution in [0.15, 0.2) is 24.3 Å². The van der Waals surface area contributed by atoms with Gasteiger partial charge in [0.2, 0.25) is 5.91 Å². The van der Waals surface area contributed by atoms with Gasteiger partial charge < -0.3 is 4.90 Å². The van der Waals surface area contributed by atoms with Crippen LogP contribution in [0.3, 0.4) is 0 Å². The summed E-state index contributed by atoms with van der Waals surface area (Å²) in [4.78, 5) is 13.9. The molecule has 1 aromatic carbocycles. The molecule has 4 heteroatoms. The Balaban J connectivity index is 2.94. The average Bonchev–Trinajstić information content (AvgIpc) is 2.34. The number of halogens is 1. The summed E-state index contributed by atoms with van der Waals surface area (Å²) in [5.74, 6) is 0.0257. The van der Waals surface area contributed by atoms with Crippen LogP contribution in [-0.2, 0) is 11.3 Å². The number of rotatable bonds is 4. The first-order valence-electron chi connectivity index (χ1n) is 5.86. The average molecular weight is 309 g/mol. The lowest BCUT2D eigenvalue weighted by molar-refractivity contribution is -0.133. The van der Waals surface area contributed by atoms with E-state index < -0.39 is 4.32 Å². The number of carbonyl (C=O) groups is 1. The van der Waals surface area contributed by atoms with Gasteiger partial charge in [0.25, 0.3) is 0 Å². The molecule has 0 aliphatic heterocycles. The Hall–Kier alpha value is -1.34. The lowest BCUT2D eigenvalue weighted by Crippen LogP contribution is -2.41. The molecule has 0 aromatic heterocycles. The Morgan fingerprint density at radius 3 is 2.56 bits per heavy atom. The van der Waals surface area contributed by atoms with Gasteiger partial charge in [-0.05, 0) is 32.4 Å². The SMILES string of the molecule is CCN(Cc1ccccc1C#N)C(=O)C(C)(C)Br. The second-order valence-corrected chi connectivity index (χ2v) is 6.54. The summed E-state index contributed by atoms with van der Waals surface area (Å²) < 4.78 is -0.579. The van der Waals surface area contributed by atoms with Gasteiger partial charge in [-0.1, -0.05) is 34.1 Å². The number of hydrogen-bond acceptors (Lipinski definition) is 2. The first kappa shape index (κ1) is 14.7. The van der Waals surface area contributed by atoms with Crippen molar-refractivity contribution in [3.05, 3.63) is 35.4 Å². The Morgan fingerprint density at radius 2 is 2.06 bits per heavy atom. The van der Waals surface area contributed by atoms with Gasteiger partial charge >= 0.3 is 0 Å². The first-order chi connectivity index (χ1) is 8.40. The fourth-order valence-corrected chi connectivity index (χ4v) is 1.93. The molecule has 0 unspecified atom stereocenters. The zero-order valence-electron chi connectivity index (χ0n) is 10.9. The van der Waals surface area contributed by atoms with Crippen molar-refractivity contribution in [1.82, 2.24) is 4.90 Å². The third-order valence-corrected chi connectivity index (χ3v) is 3.02. The molecule has 18 heavy (non-hydrogen) atoms. The monoisotopic (exact) mass is 308 g/mol. The van der Waals surface area contributed by atoms with Crippen LogP contribution in [0.2, 0.25) is 0 Å². The molecule has 0 radical (unpaired) electrons. The van der Waals surface area contributed by atoms with Crippen LogP contribution in [0.5, 0.6) is 0 Å². The summed E-state index contributed by atoms with van der Waals surface area (Å²) in [5.41, 5.74) is 1.50. The van der Waals surface area contributed by atoms with E-state index in [1.54, 1.807) is 11.0 Å². The fraction of sp³-hybridized carbons (Fsp3) is 0.429. The van der Waals surface area contributed by atoms with Crippen LogP contribution in [0, 0.1) is 11.3 Å². The van der Waals surface area contributed by atoms with E-state index in [1.165, 1.54) is 0 Å². The highest BCUT2D eigenvalue weighted by atomic mass is 79.9. The molecule has 0 aliphatic carbocycles. The van der Waals surface area contributed by atoms with Crippen LogP contribution in [0.25, 0.3) is 0 Å². The van der Waals surface area contributed by atoms with Crippen molar-refractivity contribution in [2.75, 3.05) is 6.54 Å². The molecule has 0 spiro atoms. The summed E-state index contributed by atoms with van der Waals surface area (Å²) in [6, 6.07) is 9.52. The second-order valence-electron chi connectivity index (χ2n) is 4.56. The maximum Gasteiger partial charge on any atom is 0.239 e. The fourth-order valence-electron chi connectivity index (χ4n) is 1.68. The minimum Gasteiger partial charge on any atom is -0.337 e. The minimum absolute atomic E-state index is 0.0257. The minimum atomic E-state index is -0.579. The van der Waals surface area contributed by atoms with Crippen molar-refractivity contribution in [2.24, 2.45) is 0 Å². The molecule has 0 N–H and O–H groups in total. The predicted molar refractivity (Wildman–Crippen MR) is 75.3 cm³/mol. The molecule has 96 valence electrons. The smallest absolute Gasteiger partial charge is 0.239 e. The first-order valence-corrected chi connectivity index (χ1v) is 6.65. The van der Waals surface area contributed by atoms with E-state index >= 15 is 0 Å². The van der Waals surface area contributed by atoms with E-state index in [1.807, 2.05) is 39.0 Å². The third kappa shape index (κ3) is 3.58. The van der Waals surface area contributed by atoms with Gasteiger partial charge in [0, 0.05) is 13.1 Å². The predicted octanol–water partition coefficient (Wildman–Crippen LogP) is 3.08. The van der Waals surface area contributed by atoms with Crippen LogP contribution in [0.4, 0.5) is 0 Å². The molecule has 1 amide bonds. The van der Waals surface area contributed by atoms with Crippen LogP contribution < -0.4 is 0 Å². The Morgan fingerprint density at radius 1 is 1.44 bits per heavy atom. The lowest BCUT2D eigenvalue weighted by Gasteiger charge is -2.27. The number of alkyl halides is 1. The summed E-state index contributed by atoms with van der Waals surface area (Å²) in [6.45, 7) is 6.68. The summed E-state index contributed by atoms with van der Waals surface area (Å²) >= 11 is 3.38. The standard InChI is InChI=1S/C14H17BrN2O/c1-4-17(13(18)14(2,3)15)10-12-8-6-5-7-11(12)9-16/h5-8H,4,10H2,1-3H3. The zero-order valence-corrected chi connectivity index (χ0v) is 12.5. The largest absolute Gasteiger partial charge is 0.337 e. The quantitative estimate of drug-likeness (QED) is 0.802. The van der Waals surface area contributed by atoms with Gasteiger partial charge in [-0.3, -0.25) is 4.79 Å². The number of amides is 1. The highest BCUT2D eigenvalue weighted by Gasteiger charge is 2.28. The van der Waals surface area contributed by atoms with Gasteiger partial charge in [0.15, 0.2) is 0 Å². The number of nitrogens with zero attached hydrogens (tertiary/aromatic N) is 2. The van der Waals surface area contributed by atoms with E-state index in [0.717, 1.165) is 5.56 Å². The van der Waals surface area contributed by atoms with Crippen LogP contribution in [0.1, 0.15) is 31.9 Å². The van der Waals surface area contributed by atoms with E-state index in [-0.39, 0.29) is 5.91 Å². The Labute approximate surface area is 117 Å². The molecule has 3 nitrogen and oxygen atoms in total. The van der Waals surface area contributed by atoms with Gasteiger partial charge in [-0.15, -0.1) is 0 Å². The zero-order chi connectivity index (χ0) is 13.8. The molecule has 0 heterocycles. The second kappa shape index (κ2) is 6.01. The van der Waals surface area contributed by atoms with E-state index in [9.17, 15) is 4.79 Å². The van der Waals surface area contributed by atoms with Gasteiger partial charge in [-0.25, -0.2) is 0 Å². The van der Waals surface area contributed by atoms with Crippen molar-refractivity contribution in [1.29, 1.82) is 5.26 Å². The number of benzene rings is 1. The maximum atomic E-state index is 12.2. The van der Waals surface area contributed by atoms with Gasteiger partial charge in [0.1, 0.15) is 0 Å². The highest BCUT2D eigenvalue weighted by Crippen LogP contribution is 2.21. The van der Waals surface area contributed by atoms with Crippen molar-refractivity contribution in [2.45, 2.75) is 31.6 Å². The molecule has 0 atom stereocenters. The summed E-state index contributed by atoms with van der Waals surface area (Å²) in [5, 5.41) is 9.04. The molecular formula is C14H17BrN2O. The summed E-state index contributed by atoms with van der Waals surface area (Å²) in [7, 11) is 0. The third-order valence-electron chi connectivity index (χ3n) is 2.68. The van der Waals surface area contributed by atoms with Crippen molar-refractivity contribution in [3.8, 4) is 6.07 Å². The van der Waals surface area contributed by atoms with Gasteiger partial charge in [-0.2, -0.15) is 5.26 Å². The molecule has 0 aliphatic rings. The number of hydrogen-bond donors (Lipinski definition) is 0. The van der Waals surface area contributed by atoms with Crippen molar-refractivity contribution >= 4 is 21.8 Å². The number of carbonyl (C=O) groups excluding carboxylic acids is 1. The van der Waals surface area contributed by atoms with Crippen LogP contribution >= 0.6 is 15.9 Å². The normalized spacial score (nSPS) is 10.8. The van der Waals surface area contributed by atoms with E-state index in [2.05, 4.69) is 22.0 Å². The molecule has 0 saturated heterocycles. The molecular weight excluding hydrogens is 292 g/mol. The van der Waals surface area contributed by atoms with E-state index in [0.29, 0.717) is 18.7 Å². The van der Waals surface area contributed by atoms with Crippen LogP contribution in [-0.4, -0.2) is 21.7 Å². The highest BCUT2D eigenvalue weighted by molar-refractivity contribution is 9.10. The topological polar surface area (TPSA) is 44.1 Å². The molecule has 0 fully saturated rings. The Bertz CT molecular complexity index is 471.